The number of hydrogen-bond donors (Lipinski definition) is 0. The van der Waals surface area contributed by atoms with E-state index in [2.05, 4.69) is 0 Å². The van der Waals surface area contributed by atoms with Crippen LogP contribution in [0.2, 0.25) is 0 Å². The Morgan fingerprint density at radius 3 is 2.58 bits per heavy atom. The van der Waals surface area contributed by atoms with Gasteiger partial charge >= 0.3 is 0 Å². The number of benzene rings is 3. The predicted molar refractivity (Wildman–Crippen MR) is 117 cm³/mol. The van der Waals surface area contributed by atoms with Crippen molar-refractivity contribution >= 4 is 17.7 Å². The standard InChI is InChI=1S/C25H22FNO4/c26-20-9-4-10-22(16-20)31-18-25(28)27(13-5-8-19-6-2-1-3-7-19)21-11-12-23-24(17-21)30-15-14-29-23/h1-12,16-17H,13-15,18H2/b8-5+. The molecule has 0 aromatic heterocycles. The van der Waals surface area contributed by atoms with E-state index in [0.29, 0.717) is 42.7 Å². The lowest BCUT2D eigenvalue weighted by Gasteiger charge is -2.24. The number of hydrogen-bond acceptors (Lipinski definition) is 4. The van der Waals surface area contributed by atoms with Gasteiger partial charge in [0.25, 0.3) is 5.91 Å². The number of amides is 1. The summed E-state index contributed by atoms with van der Waals surface area (Å²) >= 11 is 0. The minimum absolute atomic E-state index is 0.225. The maximum absolute atomic E-state index is 13.4. The van der Waals surface area contributed by atoms with Crippen LogP contribution in [0.1, 0.15) is 5.56 Å². The number of carbonyl (C=O) groups is 1. The number of halogens is 1. The van der Waals surface area contributed by atoms with E-state index in [1.165, 1.54) is 18.2 Å². The minimum atomic E-state index is -0.417. The molecule has 0 saturated heterocycles. The number of anilines is 1. The fourth-order valence-electron chi connectivity index (χ4n) is 3.19. The van der Waals surface area contributed by atoms with Gasteiger partial charge in [0.1, 0.15) is 24.8 Å². The van der Waals surface area contributed by atoms with Crippen molar-refractivity contribution in [3.05, 3.63) is 90.3 Å². The molecule has 158 valence electrons. The molecule has 1 aliphatic heterocycles. The van der Waals surface area contributed by atoms with E-state index in [9.17, 15) is 9.18 Å². The predicted octanol–water partition coefficient (Wildman–Crippen LogP) is 4.72. The zero-order chi connectivity index (χ0) is 21.5. The Morgan fingerprint density at radius 2 is 1.77 bits per heavy atom. The van der Waals surface area contributed by atoms with E-state index in [4.69, 9.17) is 14.2 Å². The molecule has 0 radical (unpaired) electrons. The molecular formula is C25H22FNO4. The number of rotatable bonds is 7. The molecular weight excluding hydrogens is 397 g/mol. The zero-order valence-electron chi connectivity index (χ0n) is 16.9. The van der Waals surface area contributed by atoms with Crippen LogP contribution in [0, 0.1) is 5.82 Å². The third-order valence-electron chi connectivity index (χ3n) is 4.69. The summed E-state index contributed by atoms with van der Waals surface area (Å²) < 4.78 is 30.1. The Hall–Kier alpha value is -3.80. The van der Waals surface area contributed by atoms with Crippen LogP contribution in [0.4, 0.5) is 10.1 Å². The highest BCUT2D eigenvalue weighted by Gasteiger charge is 2.19. The molecule has 4 rings (SSSR count). The summed E-state index contributed by atoms with van der Waals surface area (Å²) in [5.74, 6) is 0.867. The molecule has 0 fully saturated rings. The molecule has 1 heterocycles. The summed E-state index contributed by atoms with van der Waals surface area (Å²) in [4.78, 5) is 14.6. The molecule has 0 aliphatic carbocycles. The van der Waals surface area contributed by atoms with E-state index < -0.39 is 5.82 Å². The minimum Gasteiger partial charge on any atom is -0.486 e. The average Bonchev–Trinajstić information content (AvgIpc) is 2.81. The van der Waals surface area contributed by atoms with Gasteiger partial charge < -0.3 is 19.1 Å². The summed E-state index contributed by atoms with van der Waals surface area (Å²) in [5, 5.41) is 0. The van der Waals surface area contributed by atoms with Gasteiger partial charge in [-0.25, -0.2) is 4.39 Å². The van der Waals surface area contributed by atoms with E-state index in [-0.39, 0.29) is 12.5 Å². The summed E-state index contributed by atoms with van der Waals surface area (Å²) in [7, 11) is 0. The quantitative estimate of drug-likeness (QED) is 0.556. The maximum atomic E-state index is 13.4. The molecule has 0 bridgehead atoms. The Balaban J connectivity index is 1.52. The SMILES string of the molecule is O=C(COc1cccc(F)c1)N(C/C=C/c1ccccc1)c1ccc2c(c1)OCCO2. The lowest BCUT2D eigenvalue weighted by atomic mass is 10.2. The van der Waals surface area contributed by atoms with Crippen molar-refractivity contribution in [1.29, 1.82) is 0 Å². The van der Waals surface area contributed by atoms with Crippen LogP contribution < -0.4 is 19.1 Å². The maximum Gasteiger partial charge on any atom is 0.265 e. The average molecular weight is 419 g/mol. The van der Waals surface area contributed by atoms with Gasteiger partial charge in [-0.1, -0.05) is 48.6 Å². The van der Waals surface area contributed by atoms with Crippen molar-refractivity contribution in [2.75, 3.05) is 31.3 Å². The molecule has 0 atom stereocenters. The van der Waals surface area contributed by atoms with Gasteiger partial charge in [0.2, 0.25) is 0 Å². The smallest absolute Gasteiger partial charge is 0.265 e. The summed E-state index contributed by atoms with van der Waals surface area (Å²) in [6.07, 6.45) is 3.86. The highest BCUT2D eigenvalue weighted by Crippen LogP contribution is 2.34. The second-order valence-corrected chi connectivity index (χ2v) is 6.89. The highest BCUT2D eigenvalue weighted by molar-refractivity contribution is 5.95. The third-order valence-corrected chi connectivity index (χ3v) is 4.69. The number of ether oxygens (including phenoxy) is 3. The largest absolute Gasteiger partial charge is 0.486 e. The Kier molecular flexibility index (Phi) is 6.47. The highest BCUT2D eigenvalue weighted by atomic mass is 19.1. The zero-order valence-corrected chi connectivity index (χ0v) is 16.9. The van der Waals surface area contributed by atoms with Crippen LogP contribution in [0.3, 0.4) is 0 Å². The number of carbonyl (C=O) groups excluding carboxylic acids is 1. The molecule has 0 N–H and O–H groups in total. The third kappa shape index (κ3) is 5.42. The van der Waals surface area contributed by atoms with Crippen molar-refractivity contribution in [1.82, 2.24) is 0 Å². The molecule has 31 heavy (non-hydrogen) atoms. The van der Waals surface area contributed by atoms with Crippen molar-refractivity contribution in [3.63, 3.8) is 0 Å². The van der Waals surface area contributed by atoms with Gasteiger partial charge in [-0.15, -0.1) is 0 Å². The molecule has 0 unspecified atom stereocenters. The van der Waals surface area contributed by atoms with Gasteiger partial charge in [-0.2, -0.15) is 0 Å². The Labute approximate surface area is 180 Å². The normalized spacial score (nSPS) is 12.5. The lowest BCUT2D eigenvalue weighted by Crippen LogP contribution is -2.35. The van der Waals surface area contributed by atoms with Crippen molar-refractivity contribution in [2.24, 2.45) is 0 Å². The molecule has 5 nitrogen and oxygen atoms in total. The van der Waals surface area contributed by atoms with Crippen molar-refractivity contribution in [2.45, 2.75) is 0 Å². The molecule has 1 aliphatic rings. The van der Waals surface area contributed by atoms with Crippen molar-refractivity contribution in [3.8, 4) is 17.2 Å². The molecule has 6 heteroatoms. The van der Waals surface area contributed by atoms with Gasteiger partial charge in [0.05, 0.1) is 0 Å². The second kappa shape index (κ2) is 9.80. The van der Waals surface area contributed by atoms with Crippen LogP contribution in [0.15, 0.2) is 78.9 Å². The van der Waals surface area contributed by atoms with E-state index in [1.807, 2.05) is 48.6 Å². The van der Waals surface area contributed by atoms with Crippen LogP contribution in [0.5, 0.6) is 17.2 Å². The van der Waals surface area contributed by atoms with Gasteiger partial charge in [0.15, 0.2) is 18.1 Å². The first-order chi connectivity index (χ1) is 15.2. The first-order valence-corrected chi connectivity index (χ1v) is 9.99. The van der Waals surface area contributed by atoms with Gasteiger partial charge in [-0.05, 0) is 29.8 Å². The number of nitrogens with zero attached hydrogens (tertiary/aromatic N) is 1. The fourth-order valence-corrected chi connectivity index (χ4v) is 3.19. The monoisotopic (exact) mass is 419 g/mol. The summed E-state index contributed by atoms with van der Waals surface area (Å²) in [6.45, 7) is 1.06. The van der Waals surface area contributed by atoms with Crippen molar-refractivity contribution < 1.29 is 23.4 Å². The fraction of sp³-hybridized carbons (Fsp3) is 0.160. The first kappa shape index (κ1) is 20.5. The van der Waals surface area contributed by atoms with Gasteiger partial charge in [0, 0.05) is 24.4 Å². The number of fused-ring (bicyclic) bond motifs is 1. The summed E-state index contributed by atoms with van der Waals surface area (Å²) in [5.41, 5.74) is 1.70. The van der Waals surface area contributed by atoms with E-state index in [1.54, 1.807) is 23.1 Å². The topological polar surface area (TPSA) is 48.0 Å². The van der Waals surface area contributed by atoms with Crippen LogP contribution >= 0.6 is 0 Å². The Bertz CT molecular complexity index is 1070. The molecule has 3 aromatic rings. The molecule has 1 amide bonds. The molecule has 0 spiro atoms. The second-order valence-electron chi connectivity index (χ2n) is 6.89. The Morgan fingerprint density at radius 1 is 0.968 bits per heavy atom. The first-order valence-electron chi connectivity index (χ1n) is 9.99. The molecule has 0 saturated carbocycles. The molecule has 3 aromatic carbocycles. The van der Waals surface area contributed by atoms with Gasteiger partial charge in [-0.3, -0.25) is 4.79 Å². The van der Waals surface area contributed by atoms with E-state index in [0.717, 1.165) is 5.56 Å². The van der Waals surface area contributed by atoms with Crippen LogP contribution in [-0.4, -0.2) is 32.3 Å². The summed E-state index contributed by atoms with van der Waals surface area (Å²) in [6, 6.07) is 20.9. The van der Waals surface area contributed by atoms with Crippen LogP contribution in [-0.2, 0) is 4.79 Å². The lowest BCUT2D eigenvalue weighted by molar-refractivity contribution is -0.120. The van der Waals surface area contributed by atoms with E-state index >= 15 is 0 Å². The van der Waals surface area contributed by atoms with Crippen LogP contribution in [0.25, 0.3) is 6.08 Å².